The molecule has 50 heavy (non-hydrogen) atoms. The molecule has 9 aromatic rings. The van der Waals surface area contributed by atoms with Crippen LogP contribution in [0.25, 0.3) is 87.6 Å². The first-order valence-electron chi connectivity index (χ1n) is 17.7. The zero-order valence-corrected chi connectivity index (χ0v) is 28.6. The number of fused-ring (bicyclic) bond motifs is 7. The van der Waals surface area contributed by atoms with Gasteiger partial charge in [0.05, 0.1) is 0 Å². The summed E-state index contributed by atoms with van der Waals surface area (Å²) < 4.78 is 0. The van der Waals surface area contributed by atoms with Crippen LogP contribution in [0.3, 0.4) is 0 Å². The second-order valence-electron chi connectivity index (χ2n) is 14.6. The Bertz CT molecular complexity index is 2830. The predicted molar refractivity (Wildman–Crippen MR) is 215 cm³/mol. The Balaban J connectivity index is 1.39. The molecule has 1 aliphatic rings. The van der Waals surface area contributed by atoms with E-state index in [-0.39, 0.29) is 5.41 Å². The predicted octanol–water partition coefficient (Wildman–Crippen LogP) is 13.9. The second-order valence-corrected chi connectivity index (χ2v) is 14.6. The normalized spacial score (nSPS) is 13.3. The summed E-state index contributed by atoms with van der Waals surface area (Å²) in [6, 6.07) is 61.6. The fourth-order valence-electron chi connectivity index (χ4n) is 8.66. The van der Waals surface area contributed by atoms with E-state index in [1.165, 1.54) is 104 Å². The maximum Gasteiger partial charge on any atom is 0.0159 e. The van der Waals surface area contributed by atoms with Crippen molar-refractivity contribution in [3.63, 3.8) is 0 Å². The number of benzene rings is 9. The topological polar surface area (TPSA) is 0 Å². The Labute approximate surface area is 293 Å². The maximum absolute atomic E-state index is 2.54. The fourth-order valence-corrected chi connectivity index (χ4v) is 8.66. The highest BCUT2D eigenvalue weighted by molar-refractivity contribution is 6.23. The van der Waals surface area contributed by atoms with Gasteiger partial charge in [-0.15, -0.1) is 0 Å². The van der Waals surface area contributed by atoms with Gasteiger partial charge < -0.3 is 0 Å². The molecule has 0 aromatic heterocycles. The van der Waals surface area contributed by atoms with Crippen molar-refractivity contribution in [1.29, 1.82) is 0 Å². The lowest BCUT2D eigenvalue weighted by Crippen LogP contribution is -2.14. The molecule has 0 saturated heterocycles. The molecule has 0 nitrogen and oxygen atoms in total. The lowest BCUT2D eigenvalue weighted by molar-refractivity contribution is 0.661. The summed E-state index contributed by atoms with van der Waals surface area (Å²) in [5, 5.41) is 10.2. The third kappa shape index (κ3) is 4.31. The third-order valence-corrected chi connectivity index (χ3v) is 11.3. The van der Waals surface area contributed by atoms with Crippen LogP contribution in [0.5, 0.6) is 0 Å². The number of hydrogen-bond donors (Lipinski definition) is 0. The van der Waals surface area contributed by atoms with Crippen molar-refractivity contribution in [1.82, 2.24) is 0 Å². The quantitative estimate of drug-likeness (QED) is 0.169. The van der Waals surface area contributed by atoms with Crippen LogP contribution in [-0.4, -0.2) is 0 Å². The van der Waals surface area contributed by atoms with Crippen LogP contribution in [0, 0.1) is 6.92 Å². The molecule has 0 aliphatic heterocycles. The van der Waals surface area contributed by atoms with Crippen LogP contribution in [0.4, 0.5) is 0 Å². The molecule has 9 aromatic carbocycles. The molecule has 0 fully saturated rings. The first-order valence-corrected chi connectivity index (χ1v) is 17.7. The average Bonchev–Trinajstić information content (AvgIpc) is 3.38. The summed E-state index contributed by atoms with van der Waals surface area (Å²) >= 11 is 0. The van der Waals surface area contributed by atoms with Crippen molar-refractivity contribution in [2.45, 2.75) is 26.2 Å². The van der Waals surface area contributed by atoms with Gasteiger partial charge in [-0.2, -0.15) is 0 Å². The van der Waals surface area contributed by atoms with Gasteiger partial charge in [-0.3, -0.25) is 0 Å². The highest BCUT2D eigenvalue weighted by Gasteiger charge is 2.36. The van der Waals surface area contributed by atoms with Crippen LogP contribution < -0.4 is 0 Å². The molecule has 1 aliphatic carbocycles. The molecule has 0 heterocycles. The van der Waals surface area contributed by atoms with Gasteiger partial charge >= 0.3 is 0 Å². The average molecular weight is 637 g/mol. The zero-order valence-electron chi connectivity index (χ0n) is 28.6. The van der Waals surface area contributed by atoms with Crippen molar-refractivity contribution in [3.8, 4) is 44.5 Å². The SMILES string of the molecule is Cc1ccc(-c2ccc3c(-c4ccc5ccccc5c4)c4cc5c(cc4c(-c4ccc6ccccc6c4)c3c2)C(C)(C)c2ccccc2-5)cc1. The molecule has 0 spiro atoms. The Morgan fingerprint density at radius 3 is 1.54 bits per heavy atom. The molecule has 0 N–H and O–H groups in total. The van der Waals surface area contributed by atoms with Gasteiger partial charge in [0.25, 0.3) is 0 Å². The van der Waals surface area contributed by atoms with Crippen LogP contribution in [0.2, 0.25) is 0 Å². The monoisotopic (exact) mass is 636 g/mol. The molecular formula is C50H36. The van der Waals surface area contributed by atoms with E-state index in [0.717, 1.165) is 0 Å². The Morgan fingerprint density at radius 2 is 0.860 bits per heavy atom. The molecule has 0 unspecified atom stereocenters. The number of hydrogen-bond acceptors (Lipinski definition) is 0. The molecule has 0 amide bonds. The van der Waals surface area contributed by atoms with Crippen LogP contribution in [0.15, 0.2) is 164 Å². The fraction of sp³-hybridized carbons (Fsp3) is 0.0800. The largest absolute Gasteiger partial charge is 0.0619 e. The minimum atomic E-state index is -0.109. The summed E-state index contributed by atoms with van der Waals surface area (Å²) in [7, 11) is 0. The molecule has 236 valence electrons. The minimum absolute atomic E-state index is 0.109. The van der Waals surface area contributed by atoms with E-state index < -0.39 is 0 Å². The van der Waals surface area contributed by atoms with E-state index in [4.69, 9.17) is 0 Å². The van der Waals surface area contributed by atoms with E-state index in [1.807, 2.05) is 0 Å². The lowest BCUT2D eigenvalue weighted by Gasteiger charge is -2.24. The Hall–Kier alpha value is -5.98. The van der Waals surface area contributed by atoms with E-state index in [1.54, 1.807) is 0 Å². The van der Waals surface area contributed by atoms with E-state index >= 15 is 0 Å². The van der Waals surface area contributed by atoms with Gasteiger partial charge in [0.1, 0.15) is 0 Å². The molecule has 0 bridgehead atoms. The highest BCUT2D eigenvalue weighted by Crippen LogP contribution is 2.53. The van der Waals surface area contributed by atoms with Crippen LogP contribution in [0.1, 0.15) is 30.5 Å². The second kappa shape index (κ2) is 10.8. The van der Waals surface area contributed by atoms with Crippen molar-refractivity contribution in [3.05, 3.63) is 180 Å². The summed E-state index contributed by atoms with van der Waals surface area (Å²) in [5.74, 6) is 0. The minimum Gasteiger partial charge on any atom is -0.0619 e. The van der Waals surface area contributed by atoms with Crippen LogP contribution in [-0.2, 0) is 5.41 Å². The Morgan fingerprint density at radius 1 is 0.340 bits per heavy atom. The molecule has 0 radical (unpaired) electrons. The number of rotatable bonds is 3. The maximum atomic E-state index is 2.54. The van der Waals surface area contributed by atoms with Crippen molar-refractivity contribution < 1.29 is 0 Å². The van der Waals surface area contributed by atoms with Gasteiger partial charge in [0.15, 0.2) is 0 Å². The van der Waals surface area contributed by atoms with E-state index in [2.05, 4.69) is 185 Å². The summed E-state index contributed by atoms with van der Waals surface area (Å²) in [4.78, 5) is 0. The standard InChI is InChI=1S/C50H36/c1-31-16-18-34(19-17-31)37-24-25-41-43(28-37)49(39-23-21-33-11-5-7-13-36(33)27-39)45-30-47-42(40-14-8-9-15-46(40)50(47,2)3)29-44(45)48(41)38-22-20-32-10-4-6-12-35(32)26-38/h4-30H,1-3H3. The van der Waals surface area contributed by atoms with Gasteiger partial charge in [-0.05, 0) is 136 Å². The van der Waals surface area contributed by atoms with E-state index in [9.17, 15) is 0 Å². The first-order chi connectivity index (χ1) is 24.4. The zero-order chi connectivity index (χ0) is 33.6. The third-order valence-electron chi connectivity index (χ3n) is 11.3. The first kappa shape index (κ1) is 29.0. The summed E-state index contributed by atoms with van der Waals surface area (Å²) in [5.41, 5.74) is 14.2. The summed E-state index contributed by atoms with van der Waals surface area (Å²) in [6.45, 7) is 6.93. The number of aryl methyl sites for hydroxylation is 1. The van der Waals surface area contributed by atoms with Crippen molar-refractivity contribution >= 4 is 43.1 Å². The molecule has 0 saturated carbocycles. The molecule has 0 heteroatoms. The molecular weight excluding hydrogens is 601 g/mol. The van der Waals surface area contributed by atoms with Gasteiger partial charge in [0.2, 0.25) is 0 Å². The van der Waals surface area contributed by atoms with Gasteiger partial charge in [-0.25, -0.2) is 0 Å². The molecule has 0 atom stereocenters. The molecule has 10 rings (SSSR count). The van der Waals surface area contributed by atoms with Crippen LogP contribution >= 0.6 is 0 Å². The highest BCUT2D eigenvalue weighted by atomic mass is 14.4. The van der Waals surface area contributed by atoms with Gasteiger partial charge in [0, 0.05) is 5.41 Å². The summed E-state index contributed by atoms with van der Waals surface area (Å²) in [6.07, 6.45) is 0. The van der Waals surface area contributed by atoms with Gasteiger partial charge in [-0.1, -0.05) is 153 Å². The van der Waals surface area contributed by atoms with E-state index in [0.29, 0.717) is 0 Å². The Kier molecular flexibility index (Phi) is 6.24. The lowest BCUT2D eigenvalue weighted by atomic mass is 9.79. The van der Waals surface area contributed by atoms with Crippen molar-refractivity contribution in [2.75, 3.05) is 0 Å². The van der Waals surface area contributed by atoms with Crippen molar-refractivity contribution in [2.24, 2.45) is 0 Å². The smallest absolute Gasteiger partial charge is 0.0159 e.